The third-order valence-electron chi connectivity index (χ3n) is 4.85. The summed E-state index contributed by atoms with van der Waals surface area (Å²) in [7, 11) is 0. The predicted molar refractivity (Wildman–Crippen MR) is 104 cm³/mol. The molecule has 0 spiro atoms. The Labute approximate surface area is 158 Å². The van der Waals surface area contributed by atoms with Crippen molar-refractivity contribution in [2.45, 2.75) is 18.8 Å². The molecule has 1 amide bonds. The molecule has 4 rings (SSSR count). The summed E-state index contributed by atoms with van der Waals surface area (Å²) >= 11 is 0. The van der Waals surface area contributed by atoms with Gasteiger partial charge in [-0.1, -0.05) is 65.8 Å². The summed E-state index contributed by atoms with van der Waals surface area (Å²) in [4.78, 5) is 18.8. The average Bonchev–Trinajstić information content (AvgIpc) is 3.24. The molecule has 3 aromatic rings. The lowest BCUT2D eigenvalue weighted by Gasteiger charge is -2.29. The number of benzene rings is 2. The standard InChI is InChI=1S/C22H21N3O2/c26-20(12-11-17-7-3-1-4-8-17)25-15-13-19(14-16-25)22-23-21(24-27-22)18-9-5-2-6-10-18/h1-12,19H,13-16H2/b12-11+. The van der Waals surface area contributed by atoms with E-state index in [1.54, 1.807) is 6.08 Å². The maximum absolute atomic E-state index is 12.4. The van der Waals surface area contributed by atoms with Crippen LogP contribution in [0.5, 0.6) is 0 Å². The third kappa shape index (κ3) is 4.14. The van der Waals surface area contributed by atoms with E-state index in [1.165, 1.54) is 0 Å². The smallest absolute Gasteiger partial charge is 0.246 e. The van der Waals surface area contributed by atoms with E-state index in [0.717, 1.165) is 24.0 Å². The second-order valence-electron chi connectivity index (χ2n) is 6.67. The molecule has 0 unspecified atom stereocenters. The lowest BCUT2D eigenvalue weighted by atomic mass is 9.96. The normalized spacial score (nSPS) is 15.3. The van der Waals surface area contributed by atoms with Crippen molar-refractivity contribution in [1.82, 2.24) is 15.0 Å². The van der Waals surface area contributed by atoms with Crippen LogP contribution in [0.3, 0.4) is 0 Å². The van der Waals surface area contributed by atoms with Gasteiger partial charge in [0.05, 0.1) is 0 Å². The van der Waals surface area contributed by atoms with Crippen molar-refractivity contribution in [3.63, 3.8) is 0 Å². The molecule has 0 aliphatic carbocycles. The monoisotopic (exact) mass is 359 g/mol. The maximum Gasteiger partial charge on any atom is 0.246 e. The fraction of sp³-hybridized carbons (Fsp3) is 0.227. The zero-order valence-electron chi connectivity index (χ0n) is 15.0. The lowest BCUT2D eigenvalue weighted by molar-refractivity contribution is -0.127. The molecule has 5 nitrogen and oxygen atoms in total. The third-order valence-corrected chi connectivity index (χ3v) is 4.85. The predicted octanol–water partition coefficient (Wildman–Crippen LogP) is 4.16. The summed E-state index contributed by atoms with van der Waals surface area (Å²) in [5.41, 5.74) is 1.98. The van der Waals surface area contributed by atoms with Crippen LogP contribution in [0.4, 0.5) is 0 Å². The number of hydrogen-bond donors (Lipinski definition) is 0. The number of aromatic nitrogens is 2. The Morgan fingerprint density at radius 2 is 1.67 bits per heavy atom. The number of carbonyl (C=O) groups is 1. The number of carbonyl (C=O) groups excluding carboxylic acids is 1. The molecular weight excluding hydrogens is 338 g/mol. The molecular formula is C22H21N3O2. The van der Waals surface area contributed by atoms with Crippen LogP contribution in [-0.4, -0.2) is 34.0 Å². The van der Waals surface area contributed by atoms with Gasteiger partial charge in [-0.15, -0.1) is 0 Å². The second kappa shape index (κ2) is 7.99. The van der Waals surface area contributed by atoms with Crippen molar-refractivity contribution in [3.8, 4) is 11.4 Å². The van der Waals surface area contributed by atoms with E-state index in [2.05, 4.69) is 10.1 Å². The number of piperidine rings is 1. The highest BCUT2D eigenvalue weighted by molar-refractivity contribution is 5.91. The van der Waals surface area contributed by atoms with Crippen LogP contribution in [0.25, 0.3) is 17.5 Å². The fourth-order valence-electron chi connectivity index (χ4n) is 3.29. The molecule has 1 fully saturated rings. The topological polar surface area (TPSA) is 59.2 Å². The Hall–Kier alpha value is -3.21. The van der Waals surface area contributed by atoms with Crippen LogP contribution in [0.1, 0.15) is 30.2 Å². The molecule has 0 radical (unpaired) electrons. The quantitative estimate of drug-likeness (QED) is 0.657. The Kier molecular flexibility index (Phi) is 5.10. The summed E-state index contributed by atoms with van der Waals surface area (Å²) in [6, 6.07) is 19.7. The van der Waals surface area contributed by atoms with Crippen LogP contribution >= 0.6 is 0 Å². The van der Waals surface area contributed by atoms with Gasteiger partial charge in [-0.2, -0.15) is 4.98 Å². The molecule has 2 heterocycles. The first-order valence-corrected chi connectivity index (χ1v) is 9.20. The Balaban J connectivity index is 1.34. The molecule has 0 saturated carbocycles. The minimum Gasteiger partial charge on any atom is -0.339 e. The molecule has 136 valence electrons. The molecule has 1 aliphatic heterocycles. The van der Waals surface area contributed by atoms with Crippen LogP contribution in [0.15, 0.2) is 71.3 Å². The van der Waals surface area contributed by atoms with Gasteiger partial charge in [0.1, 0.15) is 0 Å². The van der Waals surface area contributed by atoms with Gasteiger partial charge in [-0.25, -0.2) is 0 Å². The lowest BCUT2D eigenvalue weighted by Crippen LogP contribution is -2.36. The van der Waals surface area contributed by atoms with Gasteiger partial charge in [0.25, 0.3) is 0 Å². The SMILES string of the molecule is O=C(/C=C/c1ccccc1)N1CCC(c2nc(-c3ccccc3)no2)CC1. The molecule has 5 heteroatoms. The number of nitrogens with zero attached hydrogens (tertiary/aromatic N) is 3. The molecule has 0 bridgehead atoms. The molecule has 0 N–H and O–H groups in total. The highest BCUT2D eigenvalue weighted by Gasteiger charge is 2.26. The van der Waals surface area contributed by atoms with E-state index < -0.39 is 0 Å². The maximum atomic E-state index is 12.4. The summed E-state index contributed by atoms with van der Waals surface area (Å²) < 4.78 is 5.48. The van der Waals surface area contributed by atoms with E-state index in [0.29, 0.717) is 24.8 Å². The number of amides is 1. The van der Waals surface area contributed by atoms with Crippen LogP contribution in [0, 0.1) is 0 Å². The van der Waals surface area contributed by atoms with Gasteiger partial charge in [0.2, 0.25) is 17.6 Å². The average molecular weight is 359 g/mol. The Morgan fingerprint density at radius 1 is 1.00 bits per heavy atom. The van der Waals surface area contributed by atoms with Crippen molar-refractivity contribution >= 4 is 12.0 Å². The molecule has 2 aromatic carbocycles. The van der Waals surface area contributed by atoms with Gasteiger partial charge < -0.3 is 9.42 Å². The van der Waals surface area contributed by atoms with Crippen molar-refractivity contribution < 1.29 is 9.32 Å². The largest absolute Gasteiger partial charge is 0.339 e. The van der Waals surface area contributed by atoms with Crippen LogP contribution in [-0.2, 0) is 4.79 Å². The van der Waals surface area contributed by atoms with Gasteiger partial charge in [0, 0.05) is 30.6 Å². The van der Waals surface area contributed by atoms with Crippen LogP contribution in [0.2, 0.25) is 0 Å². The zero-order chi connectivity index (χ0) is 18.5. The molecule has 27 heavy (non-hydrogen) atoms. The summed E-state index contributed by atoms with van der Waals surface area (Å²) in [5, 5.41) is 4.10. The van der Waals surface area contributed by atoms with Gasteiger partial charge in [-0.3, -0.25) is 4.79 Å². The molecule has 1 aromatic heterocycles. The van der Waals surface area contributed by atoms with E-state index >= 15 is 0 Å². The number of likely N-dealkylation sites (tertiary alicyclic amines) is 1. The van der Waals surface area contributed by atoms with Crippen molar-refractivity contribution in [1.29, 1.82) is 0 Å². The van der Waals surface area contributed by atoms with E-state index in [4.69, 9.17) is 4.52 Å². The van der Waals surface area contributed by atoms with Crippen molar-refractivity contribution in [3.05, 3.63) is 78.2 Å². The zero-order valence-corrected chi connectivity index (χ0v) is 15.0. The van der Waals surface area contributed by atoms with Crippen molar-refractivity contribution in [2.75, 3.05) is 13.1 Å². The summed E-state index contributed by atoms with van der Waals surface area (Å²) in [6.45, 7) is 1.40. The first kappa shape index (κ1) is 17.2. The number of hydrogen-bond acceptors (Lipinski definition) is 4. The molecule has 1 aliphatic rings. The first-order valence-electron chi connectivity index (χ1n) is 9.20. The highest BCUT2D eigenvalue weighted by Crippen LogP contribution is 2.28. The fourth-order valence-corrected chi connectivity index (χ4v) is 3.29. The summed E-state index contributed by atoms with van der Waals surface area (Å²) in [5.74, 6) is 1.54. The van der Waals surface area contributed by atoms with Gasteiger partial charge in [-0.05, 0) is 24.5 Å². The highest BCUT2D eigenvalue weighted by atomic mass is 16.5. The van der Waals surface area contributed by atoms with E-state index in [1.807, 2.05) is 71.6 Å². The van der Waals surface area contributed by atoms with Gasteiger partial charge >= 0.3 is 0 Å². The molecule has 0 atom stereocenters. The Morgan fingerprint density at radius 3 is 2.37 bits per heavy atom. The number of rotatable bonds is 4. The van der Waals surface area contributed by atoms with E-state index in [-0.39, 0.29) is 11.8 Å². The summed E-state index contributed by atoms with van der Waals surface area (Å²) in [6.07, 6.45) is 5.18. The first-order chi connectivity index (χ1) is 13.3. The second-order valence-corrected chi connectivity index (χ2v) is 6.67. The molecule has 1 saturated heterocycles. The van der Waals surface area contributed by atoms with Crippen LogP contribution < -0.4 is 0 Å². The van der Waals surface area contributed by atoms with E-state index in [9.17, 15) is 4.79 Å². The Bertz CT molecular complexity index is 911. The van der Waals surface area contributed by atoms with Crippen molar-refractivity contribution in [2.24, 2.45) is 0 Å². The van der Waals surface area contributed by atoms with Gasteiger partial charge in [0.15, 0.2) is 0 Å². The minimum absolute atomic E-state index is 0.0489. The minimum atomic E-state index is 0.0489.